The summed E-state index contributed by atoms with van der Waals surface area (Å²) in [5.74, 6) is -0.285. The van der Waals surface area contributed by atoms with Gasteiger partial charge in [0.15, 0.2) is 0 Å². The first kappa shape index (κ1) is 27.7. The van der Waals surface area contributed by atoms with E-state index in [1.54, 1.807) is 7.05 Å². The second kappa shape index (κ2) is 11.7. The first-order chi connectivity index (χ1) is 15.9. The minimum Gasteiger partial charge on any atom is -0.344 e. The lowest BCUT2D eigenvalue weighted by atomic mass is 10.0. The van der Waals surface area contributed by atoms with Crippen LogP contribution in [-0.4, -0.2) is 56.0 Å². The van der Waals surface area contributed by atoms with Gasteiger partial charge in [-0.25, -0.2) is 0 Å². The Hall–Kier alpha value is -2.59. The van der Waals surface area contributed by atoms with Gasteiger partial charge in [0.25, 0.3) is 0 Å². The molecule has 2 aromatic rings. The third-order valence-corrected chi connectivity index (χ3v) is 5.53. The van der Waals surface area contributed by atoms with E-state index in [1.165, 1.54) is 11.9 Å². The fourth-order valence-corrected chi connectivity index (χ4v) is 3.65. The molecule has 0 saturated heterocycles. The predicted octanol–water partition coefficient (Wildman–Crippen LogP) is 5.01. The second-order valence-corrected chi connectivity index (χ2v) is 7.97. The van der Waals surface area contributed by atoms with Crippen LogP contribution in [0.2, 0.25) is 0 Å². The monoisotopic (exact) mass is 489 g/mol. The summed E-state index contributed by atoms with van der Waals surface area (Å²) in [6.45, 7) is 3.67. The van der Waals surface area contributed by atoms with Gasteiger partial charge in [-0.15, -0.1) is 0 Å². The van der Waals surface area contributed by atoms with E-state index in [0.717, 1.165) is 5.56 Å². The Bertz CT molecular complexity index is 898. The molecule has 1 N–H and O–H groups in total. The van der Waals surface area contributed by atoms with Crippen molar-refractivity contribution in [2.75, 3.05) is 40.3 Å². The SMILES string of the molecule is CCN(CCNC)C(C(=O)N(C)CCc1cc(C(F)(F)F)cc(C(F)(F)F)c1)c1ccccc1. The zero-order valence-corrected chi connectivity index (χ0v) is 19.3. The summed E-state index contributed by atoms with van der Waals surface area (Å²) in [6.07, 6.45) is -9.98. The van der Waals surface area contributed by atoms with Gasteiger partial charge in [-0.2, -0.15) is 26.3 Å². The van der Waals surface area contributed by atoms with Crippen LogP contribution in [-0.2, 0) is 23.6 Å². The first-order valence-corrected chi connectivity index (χ1v) is 10.9. The molecule has 0 aliphatic heterocycles. The molecule has 0 aromatic heterocycles. The maximum absolute atomic E-state index is 13.4. The maximum Gasteiger partial charge on any atom is 0.416 e. The largest absolute Gasteiger partial charge is 0.416 e. The fraction of sp³-hybridized carbons (Fsp3) is 0.458. The number of halogens is 6. The Morgan fingerprint density at radius 2 is 1.50 bits per heavy atom. The van der Waals surface area contributed by atoms with Crippen molar-refractivity contribution < 1.29 is 31.1 Å². The van der Waals surface area contributed by atoms with Gasteiger partial charge in [0.1, 0.15) is 6.04 Å². The molecule has 0 aliphatic carbocycles. The third-order valence-electron chi connectivity index (χ3n) is 5.53. The number of benzene rings is 2. The van der Waals surface area contributed by atoms with Crippen LogP contribution in [0.3, 0.4) is 0 Å². The van der Waals surface area contributed by atoms with Gasteiger partial charge in [-0.3, -0.25) is 9.69 Å². The number of carbonyl (C=O) groups is 1. The van der Waals surface area contributed by atoms with Crippen LogP contribution in [0.5, 0.6) is 0 Å². The fourth-order valence-electron chi connectivity index (χ4n) is 3.65. The van der Waals surface area contributed by atoms with Gasteiger partial charge in [0.05, 0.1) is 11.1 Å². The van der Waals surface area contributed by atoms with Crippen LogP contribution < -0.4 is 5.32 Å². The van der Waals surface area contributed by atoms with Gasteiger partial charge in [0.2, 0.25) is 5.91 Å². The third kappa shape index (κ3) is 7.46. The van der Waals surface area contributed by atoms with Gasteiger partial charge in [-0.05, 0) is 49.3 Å². The Morgan fingerprint density at radius 1 is 0.941 bits per heavy atom. The number of hydrogen-bond acceptors (Lipinski definition) is 3. The summed E-state index contributed by atoms with van der Waals surface area (Å²) in [5.41, 5.74) is -2.10. The van der Waals surface area contributed by atoms with Crippen LogP contribution in [0.4, 0.5) is 26.3 Å². The average Bonchev–Trinajstić information content (AvgIpc) is 2.79. The van der Waals surface area contributed by atoms with Crippen molar-refractivity contribution in [3.05, 3.63) is 70.8 Å². The van der Waals surface area contributed by atoms with E-state index in [-0.39, 0.29) is 30.5 Å². The van der Waals surface area contributed by atoms with Gasteiger partial charge in [-0.1, -0.05) is 37.3 Å². The minimum atomic E-state index is -4.91. The summed E-state index contributed by atoms with van der Waals surface area (Å²) in [5, 5.41) is 3.04. The van der Waals surface area contributed by atoms with Crippen molar-refractivity contribution in [2.24, 2.45) is 0 Å². The highest BCUT2D eigenvalue weighted by Crippen LogP contribution is 2.36. The molecule has 2 rings (SSSR count). The van der Waals surface area contributed by atoms with Crippen molar-refractivity contribution in [3.8, 4) is 0 Å². The molecule has 2 aromatic carbocycles. The lowest BCUT2D eigenvalue weighted by molar-refractivity contribution is -0.143. The van der Waals surface area contributed by atoms with Crippen LogP contribution in [0, 0.1) is 0 Å². The van der Waals surface area contributed by atoms with Crippen molar-refractivity contribution in [3.63, 3.8) is 0 Å². The Balaban J connectivity index is 2.27. The Labute approximate surface area is 195 Å². The Morgan fingerprint density at radius 3 is 1.97 bits per heavy atom. The molecule has 0 fully saturated rings. The number of alkyl halides is 6. The van der Waals surface area contributed by atoms with E-state index in [0.29, 0.717) is 31.8 Å². The molecule has 0 bridgehead atoms. The van der Waals surface area contributed by atoms with Crippen LogP contribution in [0.15, 0.2) is 48.5 Å². The molecule has 34 heavy (non-hydrogen) atoms. The highest BCUT2D eigenvalue weighted by molar-refractivity contribution is 5.83. The average molecular weight is 490 g/mol. The van der Waals surface area contributed by atoms with E-state index in [2.05, 4.69) is 5.32 Å². The van der Waals surface area contributed by atoms with Crippen molar-refractivity contribution >= 4 is 5.91 Å². The lowest BCUT2D eigenvalue weighted by Crippen LogP contribution is -2.44. The van der Waals surface area contributed by atoms with E-state index in [1.807, 2.05) is 42.2 Å². The van der Waals surface area contributed by atoms with Crippen LogP contribution in [0.25, 0.3) is 0 Å². The maximum atomic E-state index is 13.4. The molecule has 4 nitrogen and oxygen atoms in total. The molecule has 0 aliphatic rings. The number of nitrogens with zero attached hydrogens (tertiary/aromatic N) is 2. The summed E-state index contributed by atoms with van der Waals surface area (Å²) >= 11 is 0. The minimum absolute atomic E-state index is 0.0373. The molecule has 188 valence electrons. The highest BCUT2D eigenvalue weighted by Gasteiger charge is 2.37. The molecular formula is C24H29F6N3O. The number of amides is 1. The van der Waals surface area contributed by atoms with E-state index < -0.39 is 29.5 Å². The summed E-state index contributed by atoms with van der Waals surface area (Å²) in [6, 6.07) is 9.96. The standard InChI is InChI=1S/C24H29F6N3O/c1-4-33(13-11-31-2)21(18-8-6-5-7-9-18)22(34)32(3)12-10-17-14-19(23(25,26)27)16-20(15-17)24(28,29)30/h5-9,14-16,21,31H,4,10-13H2,1-3H3. The van der Waals surface area contributed by atoms with Crippen LogP contribution in [0.1, 0.15) is 35.2 Å². The van der Waals surface area contributed by atoms with E-state index >= 15 is 0 Å². The zero-order valence-electron chi connectivity index (χ0n) is 19.3. The normalized spacial score (nSPS) is 13.2. The van der Waals surface area contributed by atoms with E-state index in [4.69, 9.17) is 0 Å². The quantitative estimate of drug-likeness (QED) is 0.477. The predicted molar refractivity (Wildman–Crippen MR) is 118 cm³/mol. The second-order valence-electron chi connectivity index (χ2n) is 7.97. The summed E-state index contributed by atoms with van der Waals surface area (Å²) in [7, 11) is 3.30. The molecule has 10 heteroatoms. The number of hydrogen-bond donors (Lipinski definition) is 1. The molecular weight excluding hydrogens is 460 g/mol. The summed E-state index contributed by atoms with van der Waals surface area (Å²) < 4.78 is 78.9. The summed E-state index contributed by atoms with van der Waals surface area (Å²) in [4.78, 5) is 16.7. The topological polar surface area (TPSA) is 35.6 Å². The lowest BCUT2D eigenvalue weighted by Gasteiger charge is -2.33. The van der Waals surface area contributed by atoms with Crippen molar-refractivity contribution in [2.45, 2.75) is 31.7 Å². The zero-order chi connectivity index (χ0) is 25.5. The Kier molecular flexibility index (Phi) is 9.52. The molecule has 0 spiro atoms. The number of likely N-dealkylation sites (N-methyl/N-ethyl adjacent to an activating group) is 3. The molecule has 0 saturated carbocycles. The smallest absolute Gasteiger partial charge is 0.344 e. The molecule has 0 heterocycles. The van der Waals surface area contributed by atoms with Gasteiger partial charge < -0.3 is 10.2 Å². The van der Waals surface area contributed by atoms with Crippen molar-refractivity contribution in [1.29, 1.82) is 0 Å². The molecule has 0 radical (unpaired) electrons. The molecule has 1 amide bonds. The molecule has 1 unspecified atom stereocenters. The van der Waals surface area contributed by atoms with E-state index in [9.17, 15) is 31.1 Å². The van der Waals surface area contributed by atoms with Crippen molar-refractivity contribution in [1.82, 2.24) is 15.1 Å². The number of nitrogens with one attached hydrogen (secondary N) is 1. The van der Waals surface area contributed by atoms with Crippen LogP contribution >= 0.6 is 0 Å². The number of rotatable bonds is 10. The van der Waals surface area contributed by atoms with Gasteiger partial charge >= 0.3 is 12.4 Å². The van der Waals surface area contributed by atoms with Gasteiger partial charge in [0, 0.05) is 26.7 Å². The highest BCUT2D eigenvalue weighted by atomic mass is 19.4. The molecule has 1 atom stereocenters. The first-order valence-electron chi connectivity index (χ1n) is 10.9. The number of carbonyl (C=O) groups excluding carboxylic acids is 1.